The number of nitrogens with one attached hydrogen (secondary N) is 1. The van der Waals surface area contributed by atoms with Crippen molar-refractivity contribution in [3.8, 4) is 17.1 Å². The summed E-state index contributed by atoms with van der Waals surface area (Å²) >= 11 is 7.02. The third-order valence-corrected chi connectivity index (χ3v) is 11.1. The summed E-state index contributed by atoms with van der Waals surface area (Å²) in [7, 11) is 0. The first kappa shape index (κ1) is 26.2. The zero-order chi connectivity index (χ0) is 27.7. The van der Waals surface area contributed by atoms with Gasteiger partial charge in [-0.2, -0.15) is 9.97 Å². The number of hydrogen-bond acceptors (Lipinski definition) is 6. The van der Waals surface area contributed by atoms with Crippen LogP contribution in [-0.4, -0.2) is 65.3 Å². The van der Waals surface area contributed by atoms with E-state index in [0.717, 1.165) is 82.5 Å². The maximum absolute atomic E-state index is 16.9. The lowest BCUT2D eigenvalue weighted by Crippen LogP contribution is -2.52. The zero-order valence-corrected chi connectivity index (χ0v) is 24.6. The normalized spacial score (nSPS) is 26.9. The Kier molecular flexibility index (Phi) is 6.42. The van der Waals surface area contributed by atoms with Gasteiger partial charge in [0.1, 0.15) is 17.9 Å². The molecule has 216 valence electrons. The summed E-state index contributed by atoms with van der Waals surface area (Å²) in [6, 6.07) is 9.09. The third-order valence-electron chi connectivity index (χ3n) is 10.8. The van der Waals surface area contributed by atoms with Gasteiger partial charge in [0.15, 0.2) is 5.82 Å². The van der Waals surface area contributed by atoms with Crippen molar-refractivity contribution >= 4 is 28.3 Å². The van der Waals surface area contributed by atoms with Crippen LogP contribution in [0, 0.1) is 5.82 Å². The molecular weight excluding hydrogens is 537 g/mol. The number of anilines is 1. The molecule has 2 aromatic carbocycles. The largest absolute Gasteiger partial charge is 0.461 e. The van der Waals surface area contributed by atoms with E-state index < -0.39 is 0 Å². The molecule has 6 nitrogen and oxygen atoms in total. The number of halogens is 2. The standard InChI is InChI=1S/C33H39ClFN5O/c1-20-6-2-7-21-8-3-9-24(27(20)21)28-26(34)16-25-30(29(28)35)37-32(41-19-33-12-4-14-39(33)15-5-13-33)38-31(25)40-22-10-11-23(40)18-36-17-22/h3,8-9,16,20,22-23,36H,2,4-7,10-15,17-19H2,1H3. The number of benzene rings is 2. The number of aromatic nitrogens is 2. The fourth-order valence-corrected chi connectivity index (χ4v) is 9.12. The van der Waals surface area contributed by atoms with Gasteiger partial charge in [0.2, 0.25) is 0 Å². The van der Waals surface area contributed by atoms with Gasteiger partial charge in [-0.3, -0.25) is 4.90 Å². The van der Waals surface area contributed by atoms with Gasteiger partial charge in [0.25, 0.3) is 0 Å². The van der Waals surface area contributed by atoms with E-state index in [1.807, 2.05) is 18.2 Å². The predicted molar refractivity (Wildman–Crippen MR) is 162 cm³/mol. The molecule has 2 bridgehead atoms. The van der Waals surface area contributed by atoms with Crippen LogP contribution in [0.1, 0.15) is 75.3 Å². The lowest BCUT2D eigenvalue weighted by Gasteiger charge is -2.37. The first-order valence-electron chi connectivity index (χ1n) is 15.7. The predicted octanol–water partition coefficient (Wildman–Crippen LogP) is 6.48. The molecule has 1 aliphatic carbocycles. The van der Waals surface area contributed by atoms with Crippen LogP contribution in [0.25, 0.3) is 22.0 Å². The molecule has 4 aliphatic heterocycles. The topological polar surface area (TPSA) is 53.5 Å². The molecule has 8 heteroatoms. The molecule has 0 saturated carbocycles. The number of piperazine rings is 1. The van der Waals surface area contributed by atoms with Crippen molar-refractivity contribution in [3.05, 3.63) is 46.2 Å². The monoisotopic (exact) mass is 575 g/mol. The average Bonchev–Trinajstić information content (AvgIpc) is 3.62. The summed E-state index contributed by atoms with van der Waals surface area (Å²) in [4.78, 5) is 14.8. The maximum atomic E-state index is 16.9. The molecule has 4 fully saturated rings. The van der Waals surface area contributed by atoms with Crippen LogP contribution in [0.2, 0.25) is 5.02 Å². The minimum absolute atomic E-state index is 0.0650. The van der Waals surface area contributed by atoms with E-state index in [9.17, 15) is 0 Å². The number of hydrogen-bond donors (Lipinski definition) is 1. The Morgan fingerprint density at radius 3 is 2.63 bits per heavy atom. The number of fused-ring (bicyclic) bond motifs is 5. The van der Waals surface area contributed by atoms with Gasteiger partial charge in [-0.15, -0.1) is 0 Å². The highest BCUT2D eigenvalue weighted by Gasteiger charge is 2.45. The fourth-order valence-electron chi connectivity index (χ4n) is 8.83. The lowest BCUT2D eigenvalue weighted by molar-refractivity contribution is 0.108. The highest BCUT2D eigenvalue weighted by molar-refractivity contribution is 6.34. The molecule has 0 amide bonds. The SMILES string of the molecule is CC1CCCc2cccc(-c3c(Cl)cc4c(N5C6CCC5CNC6)nc(OCC56CCCN5CCC6)nc4c3F)c21. The second-order valence-corrected chi connectivity index (χ2v) is 13.5. The average molecular weight is 576 g/mol. The Morgan fingerprint density at radius 2 is 1.85 bits per heavy atom. The number of ether oxygens (including phenoxy) is 1. The summed E-state index contributed by atoms with van der Waals surface area (Å²) in [6.45, 7) is 6.87. The van der Waals surface area contributed by atoms with Crippen LogP contribution >= 0.6 is 11.6 Å². The highest BCUT2D eigenvalue weighted by Crippen LogP contribution is 2.46. The molecule has 0 spiro atoms. The maximum Gasteiger partial charge on any atom is 0.319 e. The zero-order valence-electron chi connectivity index (χ0n) is 23.9. The second-order valence-electron chi connectivity index (χ2n) is 13.1. The molecule has 5 aliphatic rings. The van der Waals surface area contributed by atoms with Gasteiger partial charge in [-0.1, -0.05) is 36.7 Å². The van der Waals surface area contributed by atoms with E-state index in [4.69, 9.17) is 26.3 Å². The molecule has 1 aromatic heterocycles. The van der Waals surface area contributed by atoms with Crippen molar-refractivity contribution in [1.82, 2.24) is 20.2 Å². The van der Waals surface area contributed by atoms with Gasteiger partial charge in [0, 0.05) is 36.1 Å². The first-order valence-corrected chi connectivity index (χ1v) is 16.1. The van der Waals surface area contributed by atoms with Gasteiger partial charge >= 0.3 is 6.01 Å². The van der Waals surface area contributed by atoms with Crippen molar-refractivity contribution in [2.24, 2.45) is 0 Å². The van der Waals surface area contributed by atoms with E-state index in [2.05, 4.69) is 28.1 Å². The summed E-state index contributed by atoms with van der Waals surface area (Å²) in [5.74, 6) is 0.760. The minimum Gasteiger partial charge on any atom is -0.461 e. The summed E-state index contributed by atoms with van der Waals surface area (Å²) in [6.07, 6.45) is 10.2. The van der Waals surface area contributed by atoms with Crippen molar-refractivity contribution < 1.29 is 9.13 Å². The van der Waals surface area contributed by atoms with Gasteiger partial charge in [-0.05, 0) is 99.6 Å². The summed E-state index contributed by atoms with van der Waals surface area (Å²) in [5, 5.41) is 4.67. The van der Waals surface area contributed by atoms with Crippen LogP contribution in [0.4, 0.5) is 10.2 Å². The first-order chi connectivity index (χ1) is 20.0. The summed E-state index contributed by atoms with van der Waals surface area (Å²) < 4.78 is 23.4. The van der Waals surface area contributed by atoms with Crippen molar-refractivity contribution in [3.63, 3.8) is 0 Å². The van der Waals surface area contributed by atoms with Crippen molar-refractivity contribution in [1.29, 1.82) is 0 Å². The Hall–Kier alpha value is -2.48. The molecule has 3 atom stereocenters. The number of rotatable bonds is 5. The van der Waals surface area contributed by atoms with Crippen LogP contribution in [0.5, 0.6) is 6.01 Å². The van der Waals surface area contributed by atoms with Gasteiger partial charge in [-0.25, -0.2) is 4.39 Å². The summed E-state index contributed by atoms with van der Waals surface area (Å²) in [5.41, 5.74) is 4.27. The Labute approximate surface area is 246 Å². The van der Waals surface area contributed by atoms with Gasteiger partial charge < -0.3 is 15.0 Å². The highest BCUT2D eigenvalue weighted by atomic mass is 35.5. The number of aryl methyl sites for hydroxylation is 1. The molecule has 1 N–H and O–H groups in total. The fraction of sp³-hybridized carbons (Fsp3) is 0.576. The van der Waals surface area contributed by atoms with E-state index >= 15 is 4.39 Å². The smallest absolute Gasteiger partial charge is 0.319 e. The van der Waals surface area contributed by atoms with E-state index in [-0.39, 0.29) is 17.4 Å². The molecule has 3 aromatic rings. The van der Waals surface area contributed by atoms with E-state index in [1.165, 1.54) is 24.0 Å². The van der Waals surface area contributed by atoms with Crippen LogP contribution in [0.15, 0.2) is 24.3 Å². The quantitative estimate of drug-likeness (QED) is 0.376. The molecule has 4 saturated heterocycles. The van der Waals surface area contributed by atoms with Crippen LogP contribution in [-0.2, 0) is 6.42 Å². The third kappa shape index (κ3) is 4.17. The molecule has 41 heavy (non-hydrogen) atoms. The molecule has 0 radical (unpaired) electrons. The van der Waals surface area contributed by atoms with Crippen molar-refractivity contribution in [2.45, 2.75) is 88.3 Å². The lowest BCUT2D eigenvalue weighted by atomic mass is 9.79. The Morgan fingerprint density at radius 1 is 1.07 bits per heavy atom. The van der Waals surface area contributed by atoms with Crippen LogP contribution in [0.3, 0.4) is 0 Å². The Balaban J connectivity index is 1.28. The van der Waals surface area contributed by atoms with Gasteiger partial charge in [0.05, 0.1) is 10.6 Å². The van der Waals surface area contributed by atoms with E-state index in [0.29, 0.717) is 46.1 Å². The van der Waals surface area contributed by atoms with Crippen LogP contribution < -0.4 is 15.0 Å². The second kappa shape index (κ2) is 10.1. The van der Waals surface area contributed by atoms with Crippen molar-refractivity contribution in [2.75, 3.05) is 37.7 Å². The van der Waals surface area contributed by atoms with E-state index in [1.54, 1.807) is 0 Å². The molecule has 5 heterocycles. The number of nitrogens with zero attached hydrogens (tertiary/aromatic N) is 4. The minimum atomic E-state index is -0.365. The molecule has 3 unspecified atom stereocenters. The molecule has 8 rings (SSSR count). The molecular formula is C33H39ClFN5O. The Bertz CT molecular complexity index is 1490.